The Morgan fingerprint density at radius 3 is 2.33 bits per heavy atom. The summed E-state index contributed by atoms with van der Waals surface area (Å²) in [5.41, 5.74) is 1.92. The monoisotopic (exact) mass is 356 g/mol. The highest BCUT2D eigenvalue weighted by Crippen LogP contribution is 2.17. The Labute approximate surface area is 145 Å². The molecule has 24 heavy (non-hydrogen) atoms. The molecule has 0 aliphatic carbocycles. The number of sulfonamides is 1. The Bertz CT molecular complexity index is 612. The van der Waals surface area contributed by atoms with Gasteiger partial charge in [-0.05, 0) is 30.0 Å². The molecule has 6 nitrogen and oxygen atoms in total. The first kappa shape index (κ1) is 20.6. The third kappa shape index (κ3) is 7.42. The van der Waals surface area contributed by atoms with Gasteiger partial charge in [-0.25, -0.2) is 12.7 Å². The molecular formula is C17H28N2O4S. The van der Waals surface area contributed by atoms with E-state index in [4.69, 9.17) is 4.74 Å². The van der Waals surface area contributed by atoms with Crippen molar-refractivity contribution in [2.45, 2.75) is 32.6 Å². The van der Waals surface area contributed by atoms with E-state index in [0.717, 1.165) is 11.9 Å². The van der Waals surface area contributed by atoms with E-state index in [1.807, 2.05) is 24.3 Å². The summed E-state index contributed by atoms with van der Waals surface area (Å²) in [4.78, 5) is 12.0. The lowest BCUT2D eigenvalue weighted by molar-refractivity contribution is -0.116. The van der Waals surface area contributed by atoms with Gasteiger partial charge in [0.25, 0.3) is 0 Å². The van der Waals surface area contributed by atoms with Gasteiger partial charge in [-0.3, -0.25) is 4.79 Å². The molecule has 0 aliphatic heterocycles. The molecular weight excluding hydrogens is 328 g/mol. The summed E-state index contributed by atoms with van der Waals surface area (Å²) >= 11 is 0. The molecule has 136 valence electrons. The van der Waals surface area contributed by atoms with Gasteiger partial charge in [0.15, 0.2) is 0 Å². The van der Waals surface area contributed by atoms with Crippen LogP contribution in [-0.2, 0) is 19.6 Å². The zero-order valence-corrected chi connectivity index (χ0v) is 15.7. The van der Waals surface area contributed by atoms with Crippen molar-refractivity contribution in [1.82, 2.24) is 4.31 Å². The zero-order valence-electron chi connectivity index (χ0n) is 14.9. The second kappa shape index (κ2) is 9.76. The van der Waals surface area contributed by atoms with Crippen LogP contribution in [0.25, 0.3) is 0 Å². The van der Waals surface area contributed by atoms with Crippen molar-refractivity contribution in [2.24, 2.45) is 0 Å². The maximum Gasteiger partial charge on any atom is 0.225 e. The summed E-state index contributed by atoms with van der Waals surface area (Å²) in [5, 5.41) is 2.80. The van der Waals surface area contributed by atoms with Crippen LogP contribution >= 0.6 is 0 Å². The van der Waals surface area contributed by atoms with Crippen molar-refractivity contribution < 1.29 is 17.9 Å². The highest BCUT2D eigenvalue weighted by atomic mass is 32.2. The van der Waals surface area contributed by atoms with E-state index in [-0.39, 0.29) is 18.9 Å². The molecule has 0 saturated heterocycles. The molecule has 0 fully saturated rings. The van der Waals surface area contributed by atoms with Crippen LogP contribution in [0.1, 0.15) is 38.2 Å². The topological polar surface area (TPSA) is 75.7 Å². The van der Waals surface area contributed by atoms with Crippen LogP contribution in [0.15, 0.2) is 24.3 Å². The van der Waals surface area contributed by atoms with Crippen LogP contribution in [0.5, 0.6) is 0 Å². The second-order valence-corrected chi connectivity index (χ2v) is 8.07. The van der Waals surface area contributed by atoms with Crippen molar-refractivity contribution >= 4 is 21.6 Å². The Hall–Kier alpha value is -1.44. The summed E-state index contributed by atoms with van der Waals surface area (Å²) in [6.45, 7) is 5.22. The first-order valence-corrected chi connectivity index (χ1v) is 9.92. The Morgan fingerprint density at radius 2 is 1.83 bits per heavy atom. The van der Waals surface area contributed by atoms with Gasteiger partial charge in [0.1, 0.15) is 0 Å². The molecule has 0 spiro atoms. The van der Waals surface area contributed by atoms with Crippen molar-refractivity contribution in [2.75, 3.05) is 38.4 Å². The third-order valence-electron chi connectivity index (χ3n) is 3.67. The van der Waals surface area contributed by atoms with Crippen molar-refractivity contribution in [1.29, 1.82) is 0 Å². The van der Waals surface area contributed by atoms with Crippen LogP contribution in [0.3, 0.4) is 0 Å². The summed E-state index contributed by atoms with van der Waals surface area (Å²) in [6, 6.07) is 7.68. The Balaban J connectivity index is 2.53. The Kier molecular flexibility index (Phi) is 8.38. The molecule has 1 N–H and O–H groups in total. The van der Waals surface area contributed by atoms with Crippen molar-refractivity contribution in [3.63, 3.8) is 0 Å². The average Bonchev–Trinajstić information content (AvgIpc) is 2.50. The molecule has 0 unspecified atom stereocenters. The Morgan fingerprint density at radius 1 is 1.21 bits per heavy atom. The molecule has 0 aromatic heterocycles. The van der Waals surface area contributed by atoms with Gasteiger partial charge >= 0.3 is 0 Å². The van der Waals surface area contributed by atoms with Gasteiger partial charge in [-0.2, -0.15) is 0 Å². The smallest absolute Gasteiger partial charge is 0.225 e. The number of nitrogens with one attached hydrogen (secondary N) is 1. The van der Waals surface area contributed by atoms with Crippen molar-refractivity contribution in [3.05, 3.63) is 29.8 Å². The second-order valence-electron chi connectivity index (χ2n) is 6.08. The fraction of sp³-hybridized carbons (Fsp3) is 0.588. The highest BCUT2D eigenvalue weighted by molar-refractivity contribution is 7.88. The fourth-order valence-electron chi connectivity index (χ4n) is 2.23. The summed E-state index contributed by atoms with van der Waals surface area (Å²) < 4.78 is 29.8. The molecule has 0 saturated carbocycles. The summed E-state index contributed by atoms with van der Waals surface area (Å²) in [6.07, 6.45) is 1.87. The fourth-order valence-corrected chi connectivity index (χ4v) is 3.11. The molecule has 1 aromatic carbocycles. The van der Waals surface area contributed by atoms with E-state index in [1.54, 1.807) is 7.11 Å². The van der Waals surface area contributed by atoms with Crippen LogP contribution in [0.4, 0.5) is 5.69 Å². The molecule has 0 aliphatic rings. The van der Waals surface area contributed by atoms with E-state index in [9.17, 15) is 13.2 Å². The van der Waals surface area contributed by atoms with Gasteiger partial charge in [0.05, 0.1) is 6.26 Å². The SMILES string of the molecule is COCCCN(CCC(=O)Nc1ccc(C(C)C)cc1)S(C)(=O)=O. The number of anilines is 1. The number of rotatable bonds is 10. The van der Waals surface area contributed by atoms with E-state index >= 15 is 0 Å². The van der Waals surface area contributed by atoms with Crippen LogP contribution in [0.2, 0.25) is 0 Å². The number of amides is 1. The first-order valence-electron chi connectivity index (χ1n) is 8.08. The average molecular weight is 356 g/mol. The standard InChI is InChI=1S/C17H28N2O4S/c1-14(2)15-6-8-16(9-7-15)18-17(20)10-12-19(24(4,21)22)11-5-13-23-3/h6-9,14H,5,10-13H2,1-4H3,(H,18,20). The minimum Gasteiger partial charge on any atom is -0.385 e. The van der Waals surface area contributed by atoms with Crippen molar-refractivity contribution in [3.8, 4) is 0 Å². The van der Waals surface area contributed by atoms with Crippen LogP contribution in [-0.4, -0.2) is 51.7 Å². The predicted octanol–water partition coefficient (Wildman–Crippen LogP) is 2.44. The number of hydrogen-bond acceptors (Lipinski definition) is 4. The molecule has 0 radical (unpaired) electrons. The lowest BCUT2D eigenvalue weighted by Crippen LogP contribution is -2.34. The summed E-state index contributed by atoms with van der Waals surface area (Å²) in [5.74, 6) is 0.234. The number of methoxy groups -OCH3 is 1. The van der Waals surface area contributed by atoms with Gasteiger partial charge in [-0.15, -0.1) is 0 Å². The van der Waals surface area contributed by atoms with E-state index in [1.165, 1.54) is 9.87 Å². The van der Waals surface area contributed by atoms with E-state index in [0.29, 0.717) is 25.5 Å². The molecule has 0 atom stereocenters. The minimum absolute atomic E-state index is 0.117. The van der Waals surface area contributed by atoms with E-state index in [2.05, 4.69) is 19.2 Å². The molecule has 1 rings (SSSR count). The number of carbonyl (C=O) groups is 1. The maximum absolute atomic E-state index is 12.0. The van der Waals surface area contributed by atoms with Crippen LogP contribution in [0, 0.1) is 0 Å². The predicted molar refractivity (Wildman–Crippen MR) is 96.7 cm³/mol. The lowest BCUT2D eigenvalue weighted by Gasteiger charge is -2.19. The third-order valence-corrected chi connectivity index (χ3v) is 4.98. The largest absolute Gasteiger partial charge is 0.385 e. The highest BCUT2D eigenvalue weighted by Gasteiger charge is 2.17. The molecule has 0 heterocycles. The molecule has 7 heteroatoms. The van der Waals surface area contributed by atoms with Gasteiger partial charge in [-0.1, -0.05) is 26.0 Å². The number of hydrogen-bond donors (Lipinski definition) is 1. The van der Waals surface area contributed by atoms with Gasteiger partial charge < -0.3 is 10.1 Å². The minimum atomic E-state index is -3.33. The number of nitrogens with zero attached hydrogens (tertiary/aromatic N) is 1. The van der Waals surface area contributed by atoms with Gasteiger partial charge in [0.2, 0.25) is 15.9 Å². The quantitative estimate of drug-likeness (QED) is 0.653. The van der Waals surface area contributed by atoms with Crippen LogP contribution < -0.4 is 5.32 Å². The van der Waals surface area contributed by atoms with Gasteiger partial charge in [0, 0.05) is 38.9 Å². The first-order chi connectivity index (χ1) is 11.2. The normalized spacial score (nSPS) is 11.9. The lowest BCUT2D eigenvalue weighted by atomic mass is 10.0. The van der Waals surface area contributed by atoms with E-state index < -0.39 is 10.0 Å². The maximum atomic E-state index is 12.0. The number of carbonyl (C=O) groups excluding carboxylic acids is 1. The molecule has 1 amide bonds. The number of benzene rings is 1. The molecule has 1 aromatic rings. The molecule has 0 bridgehead atoms. The summed E-state index contributed by atoms with van der Waals surface area (Å²) in [7, 11) is -1.76. The zero-order chi connectivity index (χ0) is 18.2. The number of ether oxygens (including phenoxy) is 1.